The Labute approximate surface area is 124 Å². The molecule has 0 saturated heterocycles. The highest BCUT2D eigenvalue weighted by Crippen LogP contribution is 2.16. The van der Waals surface area contributed by atoms with Crippen LogP contribution in [0.5, 0.6) is 0 Å². The molecule has 0 amide bonds. The molecule has 21 heavy (non-hydrogen) atoms. The van der Waals surface area contributed by atoms with E-state index in [1.54, 1.807) is 13.0 Å². The molecule has 0 aromatic heterocycles. The molecular formula is C17H20O4. The second-order valence-electron chi connectivity index (χ2n) is 5.00. The van der Waals surface area contributed by atoms with Gasteiger partial charge in [0.25, 0.3) is 0 Å². The van der Waals surface area contributed by atoms with Crippen molar-refractivity contribution in [2.75, 3.05) is 6.61 Å². The molecule has 1 aromatic carbocycles. The first-order valence-electron chi connectivity index (χ1n) is 6.65. The highest BCUT2D eigenvalue weighted by Gasteiger charge is 2.10. The Hall–Kier alpha value is -2.36. The Bertz CT molecular complexity index is 597. The van der Waals surface area contributed by atoms with E-state index in [2.05, 4.69) is 6.58 Å². The molecule has 0 aliphatic rings. The van der Waals surface area contributed by atoms with Gasteiger partial charge in [-0.05, 0) is 38.0 Å². The number of carbonyl (C=O) groups is 2. The molecule has 0 saturated carbocycles. The molecule has 1 N–H and O–H groups in total. The number of hydrogen-bond donors (Lipinski definition) is 1. The topological polar surface area (TPSA) is 63.6 Å². The van der Waals surface area contributed by atoms with E-state index < -0.39 is 11.9 Å². The number of aliphatic carboxylic acids is 1. The Kier molecular flexibility index (Phi) is 5.91. The van der Waals surface area contributed by atoms with Gasteiger partial charge in [0.2, 0.25) is 0 Å². The number of aryl methyl sites for hydroxylation is 2. The number of ether oxygens (including phenoxy) is 1. The molecule has 1 aromatic rings. The van der Waals surface area contributed by atoms with Crippen LogP contribution in [0.25, 0.3) is 6.08 Å². The Morgan fingerprint density at radius 2 is 2.00 bits per heavy atom. The molecule has 0 aliphatic carbocycles. The zero-order valence-electron chi connectivity index (χ0n) is 12.6. The van der Waals surface area contributed by atoms with Crippen molar-refractivity contribution in [3.8, 4) is 0 Å². The standard InChI is InChI=1S/C17H20O4/c1-11(2)17(20)21-8-7-15(16(18)19)10-14-6-5-12(3)9-13(14)4/h5-6,9-10H,1,7-8H2,2-4H3,(H,18,19). The minimum Gasteiger partial charge on any atom is -0.478 e. The summed E-state index contributed by atoms with van der Waals surface area (Å²) in [7, 11) is 0. The first-order chi connectivity index (χ1) is 9.81. The average molecular weight is 288 g/mol. The lowest BCUT2D eigenvalue weighted by Gasteiger charge is -2.07. The van der Waals surface area contributed by atoms with E-state index in [0.29, 0.717) is 5.57 Å². The SMILES string of the molecule is C=C(C)C(=O)OCCC(=Cc1ccc(C)cc1C)C(=O)O. The third-order valence-electron chi connectivity index (χ3n) is 2.98. The average Bonchev–Trinajstić information content (AvgIpc) is 2.39. The van der Waals surface area contributed by atoms with Crippen LogP contribution in [0, 0.1) is 13.8 Å². The molecule has 0 atom stereocenters. The summed E-state index contributed by atoms with van der Waals surface area (Å²) in [6.45, 7) is 8.95. The van der Waals surface area contributed by atoms with E-state index >= 15 is 0 Å². The summed E-state index contributed by atoms with van der Waals surface area (Å²) in [6.07, 6.45) is 1.77. The Morgan fingerprint density at radius 3 is 2.52 bits per heavy atom. The predicted octanol–water partition coefficient (Wildman–Crippen LogP) is 3.28. The molecule has 0 heterocycles. The number of hydrogen-bond acceptors (Lipinski definition) is 3. The normalized spacial score (nSPS) is 11.1. The third-order valence-corrected chi connectivity index (χ3v) is 2.98. The molecule has 1 rings (SSSR count). The van der Waals surface area contributed by atoms with Crippen LogP contribution in [0.15, 0.2) is 35.9 Å². The number of esters is 1. The first-order valence-corrected chi connectivity index (χ1v) is 6.65. The highest BCUT2D eigenvalue weighted by molar-refractivity contribution is 5.92. The van der Waals surface area contributed by atoms with Crippen molar-refractivity contribution in [1.82, 2.24) is 0 Å². The van der Waals surface area contributed by atoms with E-state index in [9.17, 15) is 14.7 Å². The molecule has 4 nitrogen and oxygen atoms in total. The van der Waals surface area contributed by atoms with Gasteiger partial charge in [-0.15, -0.1) is 0 Å². The molecule has 0 bridgehead atoms. The van der Waals surface area contributed by atoms with Crippen LogP contribution >= 0.6 is 0 Å². The quantitative estimate of drug-likeness (QED) is 0.644. The third kappa shape index (κ3) is 5.26. The fourth-order valence-electron chi connectivity index (χ4n) is 1.79. The van der Waals surface area contributed by atoms with E-state index in [4.69, 9.17) is 4.74 Å². The second-order valence-corrected chi connectivity index (χ2v) is 5.00. The number of carboxylic acid groups (broad SMARTS) is 1. The zero-order valence-corrected chi connectivity index (χ0v) is 12.6. The van der Waals surface area contributed by atoms with Crippen molar-refractivity contribution >= 4 is 18.0 Å². The fourth-order valence-corrected chi connectivity index (χ4v) is 1.79. The summed E-state index contributed by atoms with van der Waals surface area (Å²) >= 11 is 0. The summed E-state index contributed by atoms with van der Waals surface area (Å²) in [6, 6.07) is 5.80. The smallest absolute Gasteiger partial charge is 0.333 e. The lowest BCUT2D eigenvalue weighted by Crippen LogP contribution is -2.10. The summed E-state index contributed by atoms with van der Waals surface area (Å²) in [5, 5.41) is 9.23. The number of carboxylic acids is 1. The van der Waals surface area contributed by atoms with Crippen molar-refractivity contribution in [3.63, 3.8) is 0 Å². The summed E-state index contributed by atoms with van der Waals surface area (Å²) in [4.78, 5) is 22.5. The van der Waals surface area contributed by atoms with Gasteiger partial charge < -0.3 is 9.84 Å². The van der Waals surface area contributed by atoms with Crippen LogP contribution in [-0.4, -0.2) is 23.7 Å². The van der Waals surface area contributed by atoms with Gasteiger partial charge in [0.05, 0.1) is 6.61 Å². The lowest BCUT2D eigenvalue weighted by atomic mass is 10.0. The van der Waals surface area contributed by atoms with E-state index in [1.807, 2.05) is 32.0 Å². The highest BCUT2D eigenvalue weighted by atomic mass is 16.5. The molecule has 0 fully saturated rings. The van der Waals surface area contributed by atoms with Crippen molar-refractivity contribution in [2.45, 2.75) is 27.2 Å². The summed E-state index contributed by atoms with van der Waals surface area (Å²) in [5.41, 5.74) is 3.48. The summed E-state index contributed by atoms with van der Waals surface area (Å²) < 4.78 is 4.93. The molecule has 0 unspecified atom stereocenters. The molecule has 112 valence electrons. The molecule has 0 spiro atoms. The zero-order chi connectivity index (χ0) is 16.0. The van der Waals surface area contributed by atoms with E-state index in [-0.39, 0.29) is 18.6 Å². The van der Waals surface area contributed by atoms with Crippen LogP contribution in [0.2, 0.25) is 0 Å². The summed E-state index contributed by atoms with van der Waals surface area (Å²) in [5.74, 6) is -1.52. The number of carbonyl (C=O) groups excluding carboxylic acids is 1. The maximum atomic E-state index is 11.3. The van der Waals surface area contributed by atoms with Gasteiger partial charge in [-0.25, -0.2) is 9.59 Å². The van der Waals surface area contributed by atoms with Gasteiger partial charge in [-0.1, -0.05) is 30.3 Å². The molecule has 0 radical (unpaired) electrons. The van der Waals surface area contributed by atoms with Crippen molar-refractivity contribution in [3.05, 3.63) is 52.6 Å². The number of benzene rings is 1. The fraction of sp³-hybridized carbons (Fsp3) is 0.294. The minimum absolute atomic E-state index is 0.0226. The van der Waals surface area contributed by atoms with Crippen molar-refractivity contribution < 1.29 is 19.4 Å². The monoisotopic (exact) mass is 288 g/mol. The maximum absolute atomic E-state index is 11.3. The first kappa shape index (κ1) is 16.7. The maximum Gasteiger partial charge on any atom is 0.333 e. The minimum atomic E-state index is -1.01. The van der Waals surface area contributed by atoms with Crippen LogP contribution in [-0.2, 0) is 14.3 Å². The molecular weight excluding hydrogens is 268 g/mol. The largest absolute Gasteiger partial charge is 0.478 e. The van der Waals surface area contributed by atoms with Gasteiger partial charge in [-0.3, -0.25) is 0 Å². The second kappa shape index (κ2) is 7.43. The van der Waals surface area contributed by atoms with Crippen LogP contribution in [0.3, 0.4) is 0 Å². The van der Waals surface area contributed by atoms with Crippen molar-refractivity contribution in [2.24, 2.45) is 0 Å². The van der Waals surface area contributed by atoms with Crippen LogP contribution in [0.4, 0.5) is 0 Å². The van der Waals surface area contributed by atoms with Gasteiger partial charge in [0.1, 0.15) is 0 Å². The number of rotatable bonds is 6. The van der Waals surface area contributed by atoms with Crippen LogP contribution < -0.4 is 0 Å². The van der Waals surface area contributed by atoms with Gasteiger partial charge in [0, 0.05) is 17.6 Å². The molecule has 0 aliphatic heterocycles. The Balaban J connectivity index is 2.82. The predicted molar refractivity (Wildman–Crippen MR) is 81.9 cm³/mol. The molecule has 4 heteroatoms. The van der Waals surface area contributed by atoms with Gasteiger partial charge in [-0.2, -0.15) is 0 Å². The van der Waals surface area contributed by atoms with E-state index in [1.165, 1.54) is 0 Å². The van der Waals surface area contributed by atoms with Crippen molar-refractivity contribution in [1.29, 1.82) is 0 Å². The van der Waals surface area contributed by atoms with Gasteiger partial charge >= 0.3 is 11.9 Å². The lowest BCUT2D eigenvalue weighted by molar-refractivity contribution is -0.139. The Morgan fingerprint density at radius 1 is 1.33 bits per heavy atom. The van der Waals surface area contributed by atoms with E-state index in [0.717, 1.165) is 16.7 Å². The van der Waals surface area contributed by atoms with Gasteiger partial charge in [0.15, 0.2) is 0 Å². The van der Waals surface area contributed by atoms with Crippen LogP contribution in [0.1, 0.15) is 30.0 Å².